The maximum atomic E-state index is 7.17. The quantitative estimate of drug-likeness (QED) is 0.522. The topological polar surface area (TPSA) is 88.5 Å². The van der Waals surface area contributed by atoms with Crippen LogP contribution in [0.5, 0.6) is 0 Å². The number of aryl methyl sites for hydroxylation is 2. The fourth-order valence-corrected chi connectivity index (χ4v) is 4.91. The van der Waals surface area contributed by atoms with Crippen molar-refractivity contribution in [3.05, 3.63) is 45.1 Å². The Balaban J connectivity index is 2.19. The van der Waals surface area contributed by atoms with Gasteiger partial charge in [-0.15, -0.1) is 11.8 Å². The molecule has 0 amide bonds. The molecule has 0 unspecified atom stereocenters. The van der Waals surface area contributed by atoms with E-state index in [-0.39, 0.29) is 11.1 Å². The van der Waals surface area contributed by atoms with E-state index in [4.69, 9.17) is 15.6 Å². The maximum Gasteiger partial charge on any atom is 0.394 e. The summed E-state index contributed by atoms with van der Waals surface area (Å²) >= 11 is 5.39. The first kappa shape index (κ1) is 18.0. The van der Waals surface area contributed by atoms with E-state index >= 15 is 0 Å². The summed E-state index contributed by atoms with van der Waals surface area (Å²) < 4.78 is 7.98. The van der Waals surface area contributed by atoms with Crippen LogP contribution in [-0.2, 0) is 11.8 Å². The summed E-state index contributed by atoms with van der Waals surface area (Å²) in [6, 6.07) is 6.62. The lowest BCUT2D eigenvalue weighted by Crippen LogP contribution is -2.42. The zero-order chi connectivity index (χ0) is 18.1. The second-order valence-electron chi connectivity index (χ2n) is 6.09. The van der Waals surface area contributed by atoms with Gasteiger partial charge in [-0.1, -0.05) is 22.0 Å². The van der Waals surface area contributed by atoms with E-state index < -0.39 is 0 Å². The van der Waals surface area contributed by atoms with Gasteiger partial charge in [-0.3, -0.25) is 10.1 Å². The highest BCUT2D eigenvalue weighted by molar-refractivity contribution is 9.10. The third-order valence-corrected chi connectivity index (χ3v) is 6.18. The zero-order valence-electron chi connectivity index (χ0n) is 14.3. The van der Waals surface area contributed by atoms with Gasteiger partial charge in [0.15, 0.2) is 6.40 Å². The third-order valence-electron chi connectivity index (χ3n) is 4.18. The predicted molar refractivity (Wildman–Crippen MR) is 105 cm³/mol. The van der Waals surface area contributed by atoms with E-state index in [0.717, 1.165) is 28.0 Å². The number of rotatable bonds is 3. The summed E-state index contributed by atoms with van der Waals surface area (Å²) in [7, 11) is 1.89. The van der Waals surface area contributed by atoms with E-state index in [1.54, 1.807) is 4.68 Å². The molecule has 6 nitrogen and oxygen atoms in total. The molecule has 0 spiro atoms. The minimum atomic E-state index is 0.0807. The number of aromatic nitrogens is 2. The number of ether oxygens (including phenoxy) is 1. The highest BCUT2D eigenvalue weighted by Gasteiger charge is 2.34. The Morgan fingerprint density at radius 2 is 2.32 bits per heavy atom. The minimum Gasteiger partial charge on any atom is -0.392 e. The number of anilines is 1. The number of benzene rings is 1. The highest BCUT2D eigenvalue weighted by Crippen LogP contribution is 2.45. The van der Waals surface area contributed by atoms with Gasteiger partial charge in [0.1, 0.15) is 5.82 Å². The van der Waals surface area contributed by atoms with Gasteiger partial charge in [0.05, 0.1) is 5.25 Å². The number of thioether (sulfide) groups is 1. The first-order chi connectivity index (χ1) is 11.9. The molecule has 3 rings (SSSR count). The largest absolute Gasteiger partial charge is 0.394 e. The summed E-state index contributed by atoms with van der Waals surface area (Å²) in [6.07, 6.45) is 0.830. The molecule has 132 valence electrons. The van der Waals surface area contributed by atoms with Crippen LogP contribution in [0, 0.1) is 12.3 Å². The van der Waals surface area contributed by atoms with Gasteiger partial charge in [0.2, 0.25) is 5.69 Å². The van der Waals surface area contributed by atoms with Crippen LogP contribution in [0.25, 0.3) is 0 Å². The van der Waals surface area contributed by atoms with Crippen LogP contribution in [0.2, 0.25) is 0 Å². The van der Waals surface area contributed by atoms with Crippen LogP contribution in [0.4, 0.5) is 5.82 Å². The molecule has 4 N–H and O–H groups in total. The van der Waals surface area contributed by atoms with Crippen molar-refractivity contribution in [3.8, 4) is 0 Å². The molecule has 2 heterocycles. The normalized spacial score (nSPS) is 19.5. The highest BCUT2D eigenvalue weighted by atomic mass is 79.9. The molecule has 1 aliphatic heterocycles. The molecule has 1 aromatic heterocycles. The number of nitrogens with zero attached hydrogens (tertiary/aromatic N) is 2. The zero-order valence-corrected chi connectivity index (χ0v) is 16.7. The molecule has 0 fully saturated rings. The molecule has 2 atom stereocenters. The maximum absolute atomic E-state index is 7.17. The number of halogens is 1. The number of nitrogens with one attached hydrogen (secondary N) is 2. The molecule has 25 heavy (non-hydrogen) atoms. The first-order valence-electron chi connectivity index (χ1n) is 7.91. The van der Waals surface area contributed by atoms with Gasteiger partial charge < -0.3 is 10.1 Å². The summed E-state index contributed by atoms with van der Waals surface area (Å²) in [5, 5.41) is 21.4. The third kappa shape index (κ3) is 3.46. The number of hydrogen-bond acceptors (Lipinski definition) is 5. The van der Waals surface area contributed by atoms with Gasteiger partial charge in [0.25, 0.3) is 0 Å². The van der Waals surface area contributed by atoms with E-state index in [1.807, 2.05) is 18.8 Å². The molecule has 0 bridgehead atoms. The smallest absolute Gasteiger partial charge is 0.392 e. The van der Waals surface area contributed by atoms with Crippen LogP contribution in [0.3, 0.4) is 0 Å². The summed E-state index contributed by atoms with van der Waals surface area (Å²) in [5.74, 6) is 2.04. The molecule has 2 aromatic rings. The lowest BCUT2D eigenvalue weighted by atomic mass is 9.99. The average molecular weight is 423 g/mol. The van der Waals surface area contributed by atoms with Gasteiger partial charge in [-0.05, 0) is 37.1 Å². The Morgan fingerprint density at radius 1 is 1.56 bits per heavy atom. The van der Waals surface area contributed by atoms with E-state index in [1.165, 1.54) is 11.1 Å². The number of nitrogens with two attached hydrogens (primary N) is 1. The van der Waals surface area contributed by atoms with Gasteiger partial charge >= 0.3 is 5.90 Å². The Bertz CT molecular complexity index is 835. The van der Waals surface area contributed by atoms with Crippen molar-refractivity contribution >= 4 is 45.8 Å². The molecular formula is C17H21BrN5OS+. The number of fused-ring (bicyclic) bond motifs is 1. The van der Waals surface area contributed by atoms with Crippen molar-refractivity contribution in [1.82, 2.24) is 9.78 Å². The second-order valence-corrected chi connectivity index (χ2v) is 8.15. The van der Waals surface area contributed by atoms with Crippen molar-refractivity contribution in [2.75, 3.05) is 11.1 Å². The summed E-state index contributed by atoms with van der Waals surface area (Å²) in [5.41, 5.74) is 4.01. The Hall–Kier alpha value is -1.80. The van der Waals surface area contributed by atoms with E-state index in [9.17, 15) is 0 Å². The molecule has 0 saturated heterocycles. The van der Waals surface area contributed by atoms with E-state index in [0.29, 0.717) is 11.7 Å². The first-order valence-corrected chi connectivity index (χ1v) is 9.76. The Labute approximate surface area is 159 Å². The van der Waals surface area contributed by atoms with Crippen molar-refractivity contribution in [2.45, 2.75) is 25.1 Å². The molecule has 1 aliphatic rings. The lowest BCUT2D eigenvalue weighted by molar-refractivity contribution is -0.130. The summed E-state index contributed by atoms with van der Waals surface area (Å²) in [4.78, 5) is 0. The Kier molecular flexibility index (Phi) is 5.19. The number of hydrogen-bond donors (Lipinski definition) is 3. The minimum absolute atomic E-state index is 0.0807. The summed E-state index contributed by atoms with van der Waals surface area (Å²) in [6.45, 7) is 4.26. The molecular weight excluding hydrogens is 402 g/mol. The molecule has 1 aromatic carbocycles. The van der Waals surface area contributed by atoms with Crippen molar-refractivity contribution < 1.29 is 10.1 Å². The second kappa shape index (κ2) is 7.21. The van der Waals surface area contributed by atoms with Crippen molar-refractivity contribution in [2.24, 2.45) is 7.05 Å². The van der Waals surface area contributed by atoms with Crippen LogP contribution in [-0.4, -0.2) is 33.9 Å². The molecule has 0 aliphatic carbocycles. The molecule has 0 saturated carbocycles. The van der Waals surface area contributed by atoms with Crippen LogP contribution >= 0.6 is 27.7 Å². The Morgan fingerprint density at radius 3 is 3.00 bits per heavy atom. The van der Waals surface area contributed by atoms with Crippen LogP contribution < -0.4 is 10.7 Å². The SMILES string of the molecule is Cc1cc(Br)ccc1[C@H]1SC[C@@H](C)Nc2c1c(C(=[NH2+])OC=N)nn2C. The molecule has 0 radical (unpaired) electrons. The standard InChI is InChI=1S/C17H20BrN5OS/c1-9-6-11(18)4-5-12(9)15-13-14(16(20)24-8-19)22-23(3)17(13)21-10(2)7-25-15/h4-6,8,10,15,19-21H,7H2,1-3H3/p+1/t10-,15-/m1/s1. The van der Waals surface area contributed by atoms with Gasteiger partial charge in [-0.2, -0.15) is 5.10 Å². The fourth-order valence-electron chi connectivity index (χ4n) is 3.04. The van der Waals surface area contributed by atoms with Gasteiger partial charge in [-0.25, -0.2) is 5.41 Å². The van der Waals surface area contributed by atoms with Crippen LogP contribution in [0.15, 0.2) is 22.7 Å². The molecule has 8 heteroatoms. The lowest BCUT2D eigenvalue weighted by Gasteiger charge is -2.18. The van der Waals surface area contributed by atoms with E-state index in [2.05, 4.69) is 58.4 Å². The average Bonchev–Trinajstić information content (AvgIpc) is 2.76. The van der Waals surface area contributed by atoms with Gasteiger partial charge in [0, 0.05) is 28.9 Å². The fraction of sp³-hybridized carbons (Fsp3) is 0.353. The van der Waals surface area contributed by atoms with Crippen molar-refractivity contribution in [1.29, 1.82) is 5.41 Å². The predicted octanol–water partition coefficient (Wildman–Crippen LogP) is 2.26. The van der Waals surface area contributed by atoms with Crippen molar-refractivity contribution in [3.63, 3.8) is 0 Å². The van der Waals surface area contributed by atoms with Crippen LogP contribution in [0.1, 0.15) is 34.6 Å². The monoisotopic (exact) mass is 422 g/mol.